The Morgan fingerprint density at radius 1 is 0.977 bits per heavy atom. The van der Waals surface area contributed by atoms with Crippen LogP contribution in [0.2, 0.25) is 0 Å². The molecular weight excluding hydrogens is 548 g/mol. The zero-order chi connectivity index (χ0) is 31.2. The van der Waals surface area contributed by atoms with E-state index in [0.29, 0.717) is 23.0 Å². The second-order valence-electron chi connectivity index (χ2n) is 10.9. The Morgan fingerprint density at radius 2 is 1.73 bits per heavy atom. The number of nitrogens with one attached hydrogen (secondary N) is 2. The summed E-state index contributed by atoms with van der Waals surface area (Å²) in [6.07, 6.45) is 7.18. The third kappa shape index (κ3) is 6.31. The molecule has 1 aliphatic heterocycles. The average Bonchev–Trinajstić information content (AvgIpc) is 3.39. The van der Waals surface area contributed by atoms with Crippen LogP contribution in [0.4, 0.5) is 17.1 Å². The average molecular weight is 589 g/mol. The van der Waals surface area contributed by atoms with Crippen molar-refractivity contribution in [1.29, 1.82) is 0 Å². The second kappa shape index (κ2) is 13.5. The maximum absolute atomic E-state index is 12.7. The van der Waals surface area contributed by atoms with Crippen LogP contribution in [0.3, 0.4) is 0 Å². The van der Waals surface area contributed by atoms with E-state index < -0.39 is 0 Å². The highest BCUT2D eigenvalue weighted by Gasteiger charge is 2.29. The van der Waals surface area contributed by atoms with E-state index in [9.17, 15) is 4.79 Å². The third-order valence-corrected chi connectivity index (χ3v) is 8.06. The molecule has 0 spiro atoms. The van der Waals surface area contributed by atoms with E-state index in [2.05, 4.69) is 92.8 Å². The number of rotatable bonds is 9. The predicted molar refractivity (Wildman–Crippen MR) is 184 cm³/mol. The number of carbonyl (C=O) groups is 1. The zero-order valence-corrected chi connectivity index (χ0v) is 25.9. The van der Waals surface area contributed by atoms with Gasteiger partial charge in [0.1, 0.15) is 11.6 Å². The van der Waals surface area contributed by atoms with Crippen molar-refractivity contribution >= 4 is 45.3 Å². The summed E-state index contributed by atoms with van der Waals surface area (Å²) in [7, 11) is 7.55. The van der Waals surface area contributed by atoms with Crippen LogP contribution < -0.4 is 20.3 Å². The molecule has 0 bridgehead atoms. The number of fused-ring (bicyclic) bond motifs is 1. The molecule has 2 N–H and O–H groups in total. The highest BCUT2D eigenvalue weighted by molar-refractivity contribution is 6.12. The van der Waals surface area contributed by atoms with E-state index in [1.807, 2.05) is 49.5 Å². The summed E-state index contributed by atoms with van der Waals surface area (Å²) in [5.41, 5.74) is 6.52. The number of amides is 1. The van der Waals surface area contributed by atoms with Gasteiger partial charge in [-0.1, -0.05) is 67.8 Å². The van der Waals surface area contributed by atoms with E-state index in [1.54, 1.807) is 14.2 Å². The van der Waals surface area contributed by atoms with Crippen LogP contribution in [0.15, 0.2) is 109 Å². The van der Waals surface area contributed by atoms with Gasteiger partial charge in [-0.3, -0.25) is 9.79 Å². The molecule has 1 unspecified atom stereocenters. The molecule has 5 rings (SSSR count). The van der Waals surface area contributed by atoms with Crippen LogP contribution in [0.5, 0.6) is 5.75 Å². The number of methoxy groups -OCH3 is 1. The Kier molecular flexibility index (Phi) is 9.31. The van der Waals surface area contributed by atoms with Gasteiger partial charge >= 0.3 is 0 Å². The molecule has 1 amide bonds. The summed E-state index contributed by atoms with van der Waals surface area (Å²) >= 11 is 0. The number of ether oxygens (including phenoxy) is 1. The molecule has 1 aliphatic rings. The molecule has 3 aromatic carbocycles. The lowest BCUT2D eigenvalue weighted by Gasteiger charge is -2.42. The minimum atomic E-state index is -0.290. The van der Waals surface area contributed by atoms with Crippen LogP contribution in [0.1, 0.15) is 17.2 Å². The first-order valence-electron chi connectivity index (χ1n) is 14.6. The van der Waals surface area contributed by atoms with Crippen molar-refractivity contribution in [2.75, 3.05) is 56.4 Å². The SMILES string of the molecule is C=CC(=O)Nc1cc(NC(/C=C(\C=C)c2cn(C)c3ccccc23)=NC)c(OC)cc1N1CCN(C)CC1c1ccccc1. The van der Waals surface area contributed by atoms with E-state index in [-0.39, 0.29) is 11.9 Å². The molecule has 8 heteroatoms. The molecule has 1 saturated heterocycles. The van der Waals surface area contributed by atoms with Crippen LogP contribution in [-0.4, -0.2) is 62.0 Å². The van der Waals surface area contributed by atoms with Gasteiger partial charge in [0.25, 0.3) is 0 Å². The number of para-hydroxylation sites is 1. The fraction of sp³-hybridized carbons (Fsp3) is 0.222. The van der Waals surface area contributed by atoms with Gasteiger partial charge in [0.15, 0.2) is 0 Å². The van der Waals surface area contributed by atoms with E-state index in [0.717, 1.165) is 47.4 Å². The number of aromatic nitrogens is 1. The van der Waals surface area contributed by atoms with Crippen molar-refractivity contribution in [2.24, 2.45) is 12.0 Å². The van der Waals surface area contributed by atoms with Crippen LogP contribution in [0.25, 0.3) is 16.5 Å². The fourth-order valence-corrected chi connectivity index (χ4v) is 5.79. The molecule has 0 radical (unpaired) electrons. The topological polar surface area (TPSA) is 74.1 Å². The minimum absolute atomic E-state index is 0.0874. The Balaban J connectivity index is 1.55. The van der Waals surface area contributed by atoms with Gasteiger partial charge in [-0.05, 0) is 42.5 Å². The highest BCUT2D eigenvalue weighted by Crippen LogP contribution is 2.41. The predicted octanol–water partition coefficient (Wildman–Crippen LogP) is 6.51. The fourth-order valence-electron chi connectivity index (χ4n) is 5.79. The van der Waals surface area contributed by atoms with Crippen molar-refractivity contribution < 1.29 is 9.53 Å². The lowest BCUT2D eigenvalue weighted by atomic mass is 10.0. The number of amidine groups is 1. The molecule has 8 nitrogen and oxygen atoms in total. The largest absolute Gasteiger partial charge is 0.494 e. The number of anilines is 3. The molecule has 226 valence electrons. The smallest absolute Gasteiger partial charge is 0.247 e. The molecule has 1 fully saturated rings. The van der Waals surface area contributed by atoms with Crippen molar-refractivity contribution in [3.63, 3.8) is 0 Å². The van der Waals surface area contributed by atoms with Crippen molar-refractivity contribution in [3.05, 3.63) is 115 Å². The van der Waals surface area contributed by atoms with Crippen LogP contribution in [-0.2, 0) is 11.8 Å². The normalized spacial score (nSPS) is 16.1. The number of likely N-dealkylation sites (N-methyl/N-ethyl adjacent to an activating group) is 1. The number of benzene rings is 3. The van der Waals surface area contributed by atoms with Crippen molar-refractivity contribution in [1.82, 2.24) is 9.47 Å². The van der Waals surface area contributed by atoms with Gasteiger partial charge in [-0.25, -0.2) is 0 Å². The maximum atomic E-state index is 12.7. The van der Waals surface area contributed by atoms with Crippen molar-refractivity contribution in [2.45, 2.75) is 6.04 Å². The first kappa shape index (κ1) is 30.4. The minimum Gasteiger partial charge on any atom is -0.494 e. The first-order valence-corrected chi connectivity index (χ1v) is 14.6. The quantitative estimate of drug-likeness (QED) is 0.101. The molecule has 44 heavy (non-hydrogen) atoms. The third-order valence-electron chi connectivity index (χ3n) is 8.06. The van der Waals surface area contributed by atoms with Crippen molar-refractivity contribution in [3.8, 4) is 5.75 Å². The number of carbonyl (C=O) groups excluding carboxylic acids is 1. The Bertz CT molecular complexity index is 1740. The number of piperazine rings is 1. The number of hydrogen-bond donors (Lipinski definition) is 2. The monoisotopic (exact) mass is 588 g/mol. The van der Waals surface area contributed by atoms with Crippen LogP contribution in [0, 0.1) is 0 Å². The molecule has 2 heterocycles. The molecular formula is C36H40N6O2. The number of nitrogens with zero attached hydrogens (tertiary/aromatic N) is 4. The second-order valence-corrected chi connectivity index (χ2v) is 10.9. The summed E-state index contributed by atoms with van der Waals surface area (Å²) in [5, 5.41) is 7.61. The summed E-state index contributed by atoms with van der Waals surface area (Å²) < 4.78 is 8.02. The van der Waals surface area contributed by atoms with E-state index >= 15 is 0 Å². The Labute approximate surface area is 259 Å². The number of aryl methyl sites for hydroxylation is 1. The van der Waals surface area contributed by atoms with E-state index in [4.69, 9.17) is 4.74 Å². The van der Waals surface area contributed by atoms with Gasteiger partial charge in [0.2, 0.25) is 5.91 Å². The molecule has 1 aromatic heterocycles. The summed E-state index contributed by atoms with van der Waals surface area (Å²) in [6.45, 7) is 10.3. The van der Waals surface area contributed by atoms with Gasteiger partial charge < -0.3 is 29.7 Å². The molecule has 0 saturated carbocycles. The van der Waals surface area contributed by atoms with Gasteiger partial charge in [-0.2, -0.15) is 0 Å². The lowest BCUT2D eigenvalue weighted by Crippen LogP contribution is -2.47. The Morgan fingerprint density at radius 3 is 2.43 bits per heavy atom. The summed E-state index contributed by atoms with van der Waals surface area (Å²) in [6, 6.07) is 22.7. The maximum Gasteiger partial charge on any atom is 0.247 e. The van der Waals surface area contributed by atoms with Gasteiger partial charge in [-0.15, -0.1) is 0 Å². The number of hydrogen-bond acceptors (Lipinski definition) is 5. The summed E-state index contributed by atoms with van der Waals surface area (Å²) in [5.74, 6) is 0.950. The summed E-state index contributed by atoms with van der Waals surface area (Å²) in [4.78, 5) is 21.9. The number of allylic oxidation sites excluding steroid dienone is 2. The molecule has 4 aromatic rings. The van der Waals surface area contributed by atoms with Gasteiger partial charge in [0.05, 0.1) is 30.2 Å². The number of aliphatic imine (C=N–C) groups is 1. The van der Waals surface area contributed by atoms with Crippen LogP contribution >= 0.6 is 0 Å². The first-order chi connectivity index (χ1) is 21.4. The van der Waals surface area contributed by atoms with E-state index in [1.165, 1.54) is 11.6 Å². The lowest BCUT2D eigenvalue weighted by molar-refractivity contribution is -0.111. The van der Waals surface area contributed by atoms with Gasteiger partial charge in [0, 0.05) is 62.5 Å². The standard InChI is InChI=1S/C36H40N6O2/c1-7-25(28-23-41(5)31-17-13-12-16-27(28)31)20-35(37-3)38-30-21-29(39-36(43)8-2)32(22-34(30)44-6)42-19-18-40(4)24-33(42)26-14-10-9-11-15-26/h7-17,20-23,33H,1-2,18-19,24H2,3-6H3,(H,37,38)(H,39,43)/b25-20+. The highest BCUT2D eigenvalue weighted by atomic mass is 16.5. The molecule has 1 atom stereocenters. The Hall–Kier alpha value is -5.08. The zero-order valence-electron chi connectivity index (χ0n) is 25.9. The molecule has 0 aliphatic carbocycles.